The molecule has 0 radical (unpaired) electrons. The SMILES string of the molecule is Cc1cccc(C)c1NC(=O)Cn1nc2c3cc(F)ccc3n(Cc3ccc(F)cc3)cc-2c1=O. The third-order valence-electron chi connectivity index (χ3n) is 6.05. The third kappa shape index (κ3) is 4.30. The van der Waals surface area contributed by atoms with Crippen molar-refractivity contribution < 1.29 is 13.6 Å². The summed E-state index contributed by atoms with van der Waals surface area (Å²) in [5, 5.41) is 7.69. The predicted molar refractivity (Wildman–Crippen MR) is 131 cm³/mol. The highest BCUT2D eigenvalue weighted by Crippen LogP contribution is 2.29. The van der Waals surface area contributed by atoms with E-state index in [1.54, 1.807) is 29.0 Å². The fourth-order valence-electron chi connectivity index (χ4n) is 4.30. The molecule has 0 aliphatic carbocycles. The minimum absolute atomic E-state index is 0.269. The van der Waals surface area contributed by atoms with Crippen LogP contribution in [-0.2, 0) is 17.9 Å². The molecule has 2 aliphatic rings. The van der Waals surface area contributed by atoms with Crippen molar-refractivity contribution >= 4 is 22.5 Å². The van der Waals surface area contributed by atoms with Gasteiger partial charge in [0.25, 0.3) is 5.56 Å². The molecular weight excluding hydrogens is 450 g/mol. The number of carbonyl (C=O) groups excluding carboxylic acids is 1. The van der Waals surface area contributed by atoms with Crippen LogP contribution in [0.3, 0.4) is 0 Å². The first kappa shape index (κ1) is 22.5. The average molecular weight is 472 g/mol. The van der Waals surface area contributed by atoms with Crippen LogP contribution in [-0.4, -0.2) is 20.3 Å². The second kappa shape index (κ2) is 8.79. The van der Waals surface area contributed by atoms with Crippen molar-refractivity contribution in [2.75, 3.05) is 5.32 Å². The van der Waals surface area contributed by atoms with E-state index in [0.29, 0.717) is 28.8 Å². The van der Waals surface area contributed by atoms with Gasteiger partial charge in [-0.2, -0.15) is 5.10 Å². The highest BCUT2D eigenvalue weighted by atomic mass is 19.1. The lowest BCUT2D eigenvalue weighted by atomic mass is 10.1. The summed E-state index contributed by atoms with van der Waals surface area (Å²) in [6, 6.07) is 16.0. The van der Waals surface area contributed by atoms with E-state index in [1.807, 2.05) is 32.0 Å². The van der Waals surface area contributed by atoms with E-state index in [2.05, 4.69) is 10.4 Å². The van der Waals surface area contributed by atoms with Crippen molar-refractivity contribution in [1.29, 1.82) is 0 Å². The second-order valence-electron chi connectivity index (χ2n) is 8.59. The Balaban J connectivity index is 1.55. The Kier molecular flexibility index (Phi) is 5.64. The van der Waals surface area contributed by atoms with Gasteiger partial charge in [0, 0.05) is 23.8 Å². The quantitative estimate of drug-likeness (QED) is 0.396. The topological polar surface area (TPSA) is 68.9 Å². The molecule has 1 N–H and O–H groups in total. The lowest BCUT2D eigenvalue weighted by Crippen LogP contribution is -2.26. The van der Waals surface area contributed by atoms with Gasteiger partial charge in [-0.15, -0.1) is 0 Å². The number of fused-ring (bicyclic) bond motifs is 3. The normalized spacial score (nSPS) is 11.3. The number of hydrogen-bond acceptors (Lipinski definition) is 3. The molecular formula is C27H22F2N4O2. The Hall–Kier alpha value is -4.33. The van der Waals surface area contributed by atoms with E-state index in [1.165, 1.54) is 24.3 Å². The monoisotopic (exact) mass is 472 g/mol. The number of rotatable bonds is 5. The summed E-state index contributed by atoms with van der Waals surface area (Å²) in [4.78, 5) is 26.0. The first-order valence-electron chi connectivity index (χ1n) is 11.1. The molecule has 2 heterocycles. The predicted octanol–water partition coefficient (Wildman–Crippen LogP) is 4.88. The van der Waals surface area contributed by atoms with Gasteiger partial charge in [0.05, 0.1) is 11.1 Å². The molecule has 5 rings (SSSR count). The van der Waals surface area contributed by atoms with E-state index >= 15 is 0 Å². The number of nitrogens with zero attached hydrogens (tertiary/aromatic N) is 3. The van der Waals surface area contributed by atoms with Gasteiger partial charge in [-0.25, -0.2) is 13.5 Å². The van der Waals surface area contributed by atoms with Crippen LogP contribution >= 0.6 is 0 Å². The minimum Gasteiger partial charge on any atom is -0.342 e. The van der Waals surface area contributed by atoms with E-state index in [0.717, 1.165) is 21.4 Å². The van der Waals surface area contributed by atoms with Gasteiger partial charge >= 0.3 is 0 Å². The summed E-state index contributed by atoms with van der Waals surface area (Å²) in [5.41, 5.74) is 4.14. The number of aromatic nitrogens is 3. The molecule has 0 bridgehead atoms. The lowest BCUT2D eigenvalue weighted by Gasteiger charge is -2.14. The smallest absolute Gasteiger partial charge is 0.278 e. The molecule has 0 saturated carbocycles. The van der Waals surface area contributed by atoms with Gasteiger partial charge in [0.15, 0.2) is 0 Å². The maximum atomic E-state index is 14.2. The van der Waals surface area contributed by atoms with E-state index in [-0.39, 0.29) is 23.8 Å². The van der Waals surface area contributed by atoms with Crippen LogP contribution < -0.4 is 10.9 Å². The number of halogens is 2. The standard InChI is InChI=1S/C27H22F2N4O2/c1-16-4-3-5-17(2)25(16)30-24(34)15-33-27(35)22-14-32(13-18-6-8-19(28)9-7-18)23-11-10-20(29)12-21(23)26(22)31-33/h3-12,14H,13,15H2,1-2H3,(H,30,34). The Labute approximate surface area is 199 Å². The lowest BCUT2D eigenvalue weighted by molar-refractivity contribution is -0.117. The number of pyridine rings is 1. The Morgan fingerprint density at radius 2 is 1.66 bits per heavy atom. The number of hydrogen-bond donors (Lipinski definition) is 1. The summed E-state index contributed by atoms with van der Waals surface area (Å²) in [7, 11) is 0. The third-order valence-corrected chi connectivity index (χ3v) is 6.05. The van der Waals surface area contributed by atoms with Crippen LogP contribution in [0.4, 0.5) is 14.5 Å². The molecule has 3 aromatic rings. The number of para-hydroxylation sites is 1. The fourth-order valence-corrected chi connectivity index (χ4v) is 4.30. The van der Waals surface area contributed by atoms with Crippen LogP contribution in [0.2, 0.25) is 0 Å². The van der Waals surface area contributed by atoms with Crippen molar-refractivity contribution in [2.45, 2.75) is 26.9 Å². The molecule has 6 nitrogen and oxygen atoms in total. The zero-order valence-corrected chi connectivity index (χ0v) is 19.2. The summed E-state index contributed by atoms with van der Waals surface area (Å²) in [6.07, 6.45) is 1.65. The molecule has 35 heavy (non-hydrogen) atoms. The first-order valence-corrected chi connectivity index (χ1v) is 11.1. The maximum absolute atomic E-state index is 14.2. The fraction of sp³-hybridized carbons (Fsp3) is 0.148. The van der Waals surface area contributed by atoms with Gasteiger partial charge in [-0.3, -0.25) is 9.59 Å². The molecule has 0 saturated heterocycles. The molecule has 0 fully saturated rings. The molecule has 0 spiro atoms. The van der Waals surface area contributed by atoms with Gasteiger partial charge in [0.1, 0.15) is 23.9 Å². The van der Waals surface area contributed by atoms with Crippen LogP contribution in [0.25, 0.3) is 22.2 Å². The molecule has 0 unspecified atom stereocenters. The number of anilines is 1. The molecule has 0 aromatic heterocycles. The number of benzene rings is 3. The second-order valence-corrected chi connectivity index (χ2v) is 8.59. The number of carbonyl (C=O) groups is 1. The van der Waals surface area contributed by atoms with Crippen molar-refractivity contribution in [3.05, 3.63) is 106 Å². The summed E-state index contributed by atoms with van der Waals surface area (Å²) in [6.45, 7) is 3.85. The highest BCUT2D eigenvalue weighted by Gasteiger charge is 2.22. The van der Waals surface area contributed by atoms with Gasteiger partial charge < -0.3 is 9.88 Å². The summed E-state index contributed by atoms with van der Waals surface area (Å²) < 4.78 is 30.4. The van der Waals surface area contributed by atoms with Gasteiger partial charge in [0.2, 0.25) is 5.91 Å². The summed E-state index contributed by atoms with van der Waals surface area (Å²) in [5.74, 6) is -1.20. The molecule has 3 aromatic carbocycles. The molecule has 1 amide bonds. The van der Waals surface area contributed by atoms with E-state index in [9.17, 15) is 18.4 Å². The highest BCUT2D eigenvalue weighted by molar-refractivity contribution is 5.95. The van der Waals surface area contributed by atoms with Crippen molar-refractivity contribution in [3.8, 4) is 11.3 Å². The van der Waals surface area contributed by atoms with E-state index < -0.39 is 11.4 Å². The Bertz CT molecular complexity index is 1580. The first-order chi connectivity index (χ1) is 16.8. The molecule has 0 atom stereocenters. The van der Waals surface area contributed by atoms with Crippen LogP contribution in [0, 0.1) is 25.5 Å². The van der Waals surface area contributed by atoms with E-state index in [4.69, 9.17) is 0 Å². The number of amides is 1. The van der Waals surface area contributed by atoms with Crippen molar-refractivity contribution in [2.24, 2.45) is 0 Å². The van der Waals surface area contributed by atoms with Crippen molar-refractivity contribution in [3.63, 3.8) is 0 Å². The Morgan fingerprint density at radius 3 is 2.37 bits per heavy atom. The van der Waals surface area contributed by atoms with Gasteiger partial charge in [-0.1, -0.05) is 30.3 Å². The van der Waals surface area contributed by atoms with Crippen LogP contribution in [0.1, 0.15) is 16.7 Å². The summed E-state index contributed by atoms with van der Waals surface area (Å²) >= 11 is 0. The average Bonchev–Trinajstić information content (AvgIpc) is 3.13. The van der Waals surface area contributed by atoms with Gasteiger partial charge in [-0.05, 0) is 60.9 Å². The zero-order chi connectivity index (χ0) is 24.7. The molecule has 8 heteroatoms. The van der Waals surface area contributed by atoms with Crippen LogP contribution in [0.15, 0.2) is 71.7 Å². The maximum Gasteiger partial charge on any atom is 0.278 e. The largest absolute Gasteiger partial charge is 0.342 e. The minimum atomic E-state index is -0.465. The van der Waals surface area contributed by atoms with Crippen LogP contribution in [0.5, 0.6) is 0 Å². The number of nitrogens with one attached hydrogen (secondary N) is 1. The Morgan fingerprint density at radius 1 is 0.971 bits per heavy atom. The zero-order valence-electron chi connectivity index (χ0n) is 19.2. The number of aryl methyl sites for hydroxylation is 2. The molecule has 176 valence electrons. The van der Waals surface area contributed by atoms with Crippen molar-refractivity contribution in [1.82, 2.24) is 14.3 Å². The molecule has 2 aliphatic heterocycles.